The standard InChI is InChI=1S/C13H22N2O/c1-7(2)9-5-10(6-9)14-13(16)12-11(15-12)8-3-4-8/h7-12,15H,3-6H2,1-2H3,(H,14,16)/t9?,10?,11-,12+/m0/s1. The van der Waals surface area contributed by atoms with Crippen LogP contribution >= 0.6 is 0 Å². The third-order valence-corrected chi connectivity index (χ3v) is 4.50. The monoisotopic (exact) mass is 222 g/mol. The second kappa shape index (κ2) is 3.73. The summed E-state index contributed by atoms with van der Waals surface area (Å²) >= 11 is 0. The Morgan fingerprint density at radius 2 is 2.00 bits per heavy atom. The predicted octanol–water partition coefficient (Wildman–Crippen LogP) is 1.29. The van der Waals surface area contributed by atoms with Crippen LogP contribution < -0.4 is 10.6 Å². The summed E-state index contributed by atoms with van der Waals surface area (Å²) in [4.78, 5) is 11.9. The normalized spacial score (nSPS) is 41.7. The molecule has 3 aliphatic rings. The number of carbonyl (C=O) groups is 1. The van der Waals surface area contributed by atoms with E-state index in [-0.39, 0.29) is 11.9 Å². The van der Waals surface area contributed by atoms with Crippen LogP contribution in [0.2, 0.25) is 0 Å². The van der Waals surface area contributed by atoms with E-state index >= 15 is 0 Å². The van der Waals surface area contributed by atoms with Crippen molar-refractivity contribution in [1.82, 2.24) is 10.6 Å². The van der Waals surface area contributed by atoms with Crippen LogP contribution in [-0.4, -0.2) is 24.0 Å². The van der Waals surface area contributed by atoms with E-state index in [0.29, 0.717) is 12.1 Å². The average molecular weight is 222 g/mol. The third kappa shape index (κ3) is 1.97. The Morgan fingerprint density at radius 1 is 1.31 bits per heavy atom. The van der Waals surface area contributed by atoms with E-state index < -0.39 is 0 Å². The van der Waals surface area contributed by atoms with Gasteiger partial charge in [-0.15, -0.1) is 0 Å². The van der Waals surface area contributed by atoms with Crippen LogP contribution in [0.1, 0.15) is 39.5 Å². The summed E-state index contributed by atoms with van der Waals surface area (Å²) in [5.41, 5.74) is 0. The van der Waals surface area contributed by atoms with E-state index in [4.69, 9.17) is 0 Å². The van der Waals surface area contributed by atoms with E-state index in [1.165, 1.54) is 25.7 Å². The Kier molecular flexibility index (Phi) is 2.46. The smallest absolute Gasteiger partial charge is 0.238 e. The zero-order chi connectivity index (χ0) is 11.3. The molecule has 2 N–H and O–H groups in total. The fourth-order valence-corrected chi connectivity index (χ4v) is 2.87. The number of hydrogen-bond donors (Lipinski definition) is 2. The van der Waals surface area contributed by atoms with Crippen molar-refractivity contribution in [2.75, 3.05) is 0 Å². The average Bonchev–Trinajstić information content (AvgIpc) is 2.99. The molecule has 1 saturated heterocycles. The van der Waals surface area contributed by atoms with Crippen molar-refractivity contribution >= 4 is 5.91 Å². The Bertz CT molecular complexity index is 292. The molecule has 2 saturated carbocycles. The Hall–Kier alpha value is -0.570. The molecule has 1 heterocycles. The SMILES string of the molecule is CC(C)C1CC(NC(=O)[C@@H]2N[C@H]2C2CC2)C1. The summed E-state index contributed by atoms with van der Waals surface area (Å²) < 4.78 is 0. The molecular formula is C13H22N2O. The Labute approximate surface area is 97.4 Å². The van der Waals surface area contributed by atoms with Crippen LogP contribution in [-0.2, 0) is 4.79 Å². The maximum atomic E-state index is 11.9. The van der Waals surface area contributed by atoms with E-state index in [1.54, 1.807) is 0 Å². The fraction of sp³-hybridized carbons (Fsp3) is 0.923. The molecule has 0 aromatic carbocycles. The maximum Gasteiger partial charge on any atom is 0.238 e. The number of nitrogens with one attached hydrogen (secondary N) is 2. The molecule has 1 amide bonds. The van der Waals surface area contributed by atoms with Crippen molar-refractivity contribution in [3.63, 3.8) is 0 Å². The lowest BCUT2D eigenvalue weighted by Gasteiger charge is -2.38. The fourth-order valence-electron chi connectivity index (χ4n) is 2.87. The lowest BCUT2D eigenvalue weighted by atomic mass is 9.73. The minimum absolute atomic E-state index is 0.144. The molecule has 3 rings (SSSR count). The van der Waals surface area contributed by atoms with Crippen molar-refractivity contribution in [3.05, 3.63) is 0 Å². The molecule has 0 aromatic rings. The number of carbonyl (C=O) groups excluding carboxylic acids is 1. The Balaban J connectivity index is 1.38. The van der Waals surface area contributed by atoms with Gasteiger partial charge in [0.25, 0.3) is 0 Å². The van der Waals surface area contributed by atoms with Gasteiger partial charge < -0.3 is 5.32 Å². The summed E-state index contributed by atoms with van der Waals surface area (Å²) in [6, 6.07) is 1.12. The highest BCUT2D eigenvalue weighted by Crippen LogP contribution is 2.40. The van der Waals surface area contributed by atoms with Gasteiger partial charge in [0.1, 0.15) is 6.04 Å². The highest BCUT2D eigenvalue weighted by molar-refractivity contribution is 5.86. The second-order valence-electron chi connectivity index (χ2n) is 6.19. The minimum atomic E-state index is 0.144. The molecule has 3 fully saturated rings. The topological polar surface area (TPSA) is 51.0 Å². The highest BCUT2D eigenvalue weighted by Gasteiger charge is 2.51. The van der Waals surface area contributed by atoms with Crippen molar-refractivity contribution in [2.24, 2.45) is 17.8 Å². The summed E-state index contributed by atoms with van der Waals surface area (Å²) in [6.07, 6.45) is 5.01. The molecule has 0 radical (unpaired) electrons. The molecule has 1 aliphatic heterocycles. The lowest BCUT2D eigenvalue weighted by Crippen LogP contribution is -2.47. The molecule has 16 heavy (non-hydrogen) atoms. The van der Waals surface area contributed by atoms with E-state index in [0.717, 1.165) is 17.8 Å². The molecule has 90 valence electrons. The zero-order valence-electron chi connectivity index (χ0n) is 10.2. The predicted molar refractivity (Wildman–Crippen MR) is 62.9 cm³/mol. The summed E-state index contributed by atoms with van der Waals surface area (Å²) in [5.74, 6) is 2.66. The van der Waals surface area contributed by atoms with E-state index in [1.807, 2.05) is 0 Å². The quantitative estimate of drug-likeness (QED) is 0.704. The number of amides is 1. The first-order valence-electron chi connectivity index (χ1n) is 6.71. The lowest BCUT2D eigenvalue weighted by molar-refractivity contribution is -0.122. The minimum Gasteiger partial charge on any atom is -0.352 e. The van der Waals surface area contributed by atoms with Crippen LogP contribution in [0.4, 0.5) is 0 Å². The van der Waals surface area contributed by atoms with Crippen molar-refractivity contribution in [3.8, 4) is 0 Å². The van der Waals surface area contributed by atoms with Gasteiger partial charge in [-0.25, -0.2) is 0 Å². The highest BCUT2D eigenvalue weighted by atomic mass is 16.2. The number of rotatable bonds is 4. The molecule has 3 nitrogen and oxygen atoms in total. The summed E-state index contributed by atoms with van der Waals surface area (Å²) in [5, 5.41) is 6.48. The van der Waals surface area contributed by atoms with Crippen molar-refractivity contribution in [2.45, 2.75) is 57.7 Å². The molecule has 2 atom stereocenters. The van der Waals surface area contributed by atoms with Gasteiger partial charge in [0, 0.05) is 12.1 Å². The molecular weight excluding hydrogens is 200 g/mol. The maximum absolute atomic E-state index is 11.9. The van der Waals surface area contributed by atoms with Crippen LogP contribution in [0.3, 0.4) is 0 Å². The summed E-state index contributed by atoms with van der Waals surface area (Å²) in [6.45, 7) is 4.54. The van der Waals surface area contributed by atoms with Gasteiger partial charge in [-0.1, -0.05) is 13.8 Å². The van der Waals surface area contributed by atoms with Gasteiger partial charge in [0.2, 0.25) is 5.91 Å². The van der Waals surface area contributed by atoms with Crippen LogP contribution in [0.25, 0.3) is 0 Å². The van der Waals surface area contributed by atoms with Gasteiger partial charge in [-0.05, 0) is 43.4 Å². The molecule has 0 unspecified atom stereocenters. The van der Waals surface area contributed by atoms with Gasteiger partial charge in [0.05, 0.1) is 0 Å². The third-order valence-electron chi connectivity index (χ3n) is 4.50. The summed E-state index contributed by atoms with van der Waals surface area (Å²) in [7, 11) is 0. The first kappa shape index (κ1) is 10.6. The molecule has 2 aliphatic carbocycles. The molecule has 0 bridgehead atoms. The van der Waals surface area contributed by atoms with Crippen molar-refractivity contribution < 1.29 is 4.79 Å². The molecule has 3 heteroatoms. The molecule has 0 aromatic heterocycles. The van der Waals surface area contributed by atoms with Crippen LogP contribution in [0.5, 0.6) is 0 Å². The first-order chi connectivity index (χ1) is 7.65. The largest absolute Gasteiger partial charge is 0.352 e. The molecule has 0 spiro atoms. The van der Waals surface area contributed by atoms with Gasteiger partial charge in [-0.3, -0.25) is 10.1 Å². The number of hydrogen-bond acceptors (Lipinski definition) is 2. The van der Waals surface area contributed by atoms with Crippen molar-refractivity contribution in [1.29, 1.82) is 0 Å². The van der Waals surface area contributed by atoms with Gasteiger partial charge >= 0.3 is 0 Å². The van der Waals surface area contributed by atoms with Gasteiger partial charge in [0.15, 0.2) is 0 Å². The van der Waals surface area contributed by atoms with Crippen LogP contribution in [0.15, 0.2) is 0 Å². The van der Waals surface area contributed by atoms with E-state index in [2.05, 4.69) is 24.5 Å². The zero-order valence-corrected chi connectivity index (χ0v) is 10.2. The second-order valence-corrected chi connectivity index (χ2v) is 6.19. The van der Waals surface area contributed by atoms with Gasteiger partial charge in [-0.2, -0.15) is 0 Å². The Morgan fingerprint density at radius 3 is 2.56 bits per heavy atom. The van der Waals surface area contributed by atoms with E-state index in [9.17, 15) is 4.79 Å². The first-order valence-corrected chi connectivity index (χ1v) is 6.71. The van der Waals surface area contributed by atoms with Crippen LogP contribution in [0, 0.1) is 17.8 Å².